The monoisotopic (exact) mass is 257 g/mol. The van der Waals surface area contributed by atoms with Crippen LogP contribution in [0.25, 0.3) is 0 Å². The zero-order valence-electron chi connectivity index (χ0n) is 11.3. The molecule has 0 aliphatic heterocycles. The second-order valence-electron chi connectivity index (χ2n) is 4.44. The maximum absolute atomic E-state index is 12.2. The lowest BCUT2D eigenvalue weighted by molar-refractivity contribution is 0.0951. The molecule has 0 atom stereocenters. The molecular weight excluding hydrogens is 238 g/mol. The van der Waals surface area contributed by atoms with E-state index < -0.39 is 0 Å². The van der Waals surface area contributed by atoms with Crippen LogP contribution in [0.1, 0.15) is 22.8 Å². The van der Waals surface area contributed by atoms with Crippen LogP contribution in [0.5, 0.6) is 0 Å². The third kappa shape index (κ3) is 3.37. The molecule has 4 nitrogen and oxygen atoms in total. The minimum Gasteiger partial charge on any atom is -0.385 e. The summed E-state index contributed by atoms with van der Waals surface area (Å²) in [5.74, 6) is -0.0552. The van der Waals surface area contributed by atoms with Gasteiger partial charge in [0.15, 0.2) is 0 Å². The van der Waals surface area contributed by atoms with Crippen LogP contribution >= 0.6 is 0 Å². The van der Waals surface area contributed by atoms with Crippen LogP contribution < -0.4 is 10.6 Å². The summed E-state index contributed by atoms with van der Waals surface area (Å²) >= 11 is 0. The molecule has 0 saturated heterocycles. The van der Waals surface area contributed by atoms with Gasteiger partial charge in [-0.05, 0) is 30.7 Å². The number of nitrogens with zero attached hydrogens (tertiary/aromatic N) is 1. The first-order valence-corrected chi connectivity index (χ1v) is 6.42. The zero-order valence-corrected chi connectivity index (χ0v) is 11.3. The van der Waals surface area contributed by atoms with E-state index in [1.54, 1.807) is 0 Å². The van der Waals surface area contributed by atoms with Gasteiger partial charge < -0.3 is 15.2 Å². The lowest BCUT2D eigenvalue weighted by Gasteiger charge is -2.10. The van der Waals surface area contributed by atoms with Crippen molar-refractivity contribution in [1.82, 2.24) is 9.88 Å². The van der Waals surface area contributed by atoms with Crippen molar-refractivity contribution in [2.24, 2.45) is 7.05 Å². The van der Waals surface area contributed by atoms with Crippen molar-refractivity contribution in [3.05, 3.63) is 53.9 Å². The van der Waals surface area contributed by atoms with Crippen molar-refractivity contribution in [1.29, 1.82) is 0 Å². The Morgan fingerprint density at radius 1 is 1.26 bits per heavy atom. The molecule has 2 N–H and O–H groups in total. The number of rotatable bonds is 5. The maximum Gasteiger partial charge on any atom is 0.253 e. The first kappa shape index (κ1) is 13.2. The van der Waals surface area contributed by atoms with Gasteiger partial charge in [0.2, 0.25) is 0 Å². The topological polar surface area (TPSA) is 46.1 Å². The minimum atomic E-state index is -0.0552. The van der Waals surface area contributed by atoms with E-state index in [1.807, 2.05) is 61.3 Å². The number of carbonyl (C=O) groups excluding carboxylic acids is 1. The lowest BCUT2D eigenvalue weighted by atomic mass is 10.1. The van der Waals surface area contributed by atoms with Crippen LogP contribution in [0.15, 0.2) is 42.7 Å². The van der Waals surface area contributed by atoms with Crippen molar-refractivity contribution in [2.45, 2.75) is 13.5 Å². The van der Waals surface area contributed by atoms with E-state index in [9.17, 15) is 4.79 Å². The lowest BCUT2D eigenvalue weighted by Crippen LogP contribution is -2.23. The molecule has 1 amide bonds. The summed E-state index contributed by atoms with van der Waals surface area (Å²) in [5, 5.41) is 6.13. The predicted octanol–water partition coefficient (Wildman–Crippen LogP) is 2.39. The van der Waals surface area contributed by atoms with Gasteiger partial charge in [0, 0.05) is 38.2 Å². The smallest absolute Gasteiger partial charge is 0.253 e. The summed E-state index contributed by atoms with van der Waals surface area (Å²) in [6.07, 6.45) is 3.96. The van der Waals surface area contributed by atoms with Crippen molar-refractivity contribution in [2.75, 3.05) is 11.9 Å². The van der Waals surface area contributed by atoms with E-state index in [1.165, 1.54) is 0 Å². The first-order valence-electron chi connectivity index (χ1n) is 6.42. The van der Waals surface area contributed by atoms with Crippen LogP contribution in [-0.4, -0.2) is 17.0 Å². The molecule has 1 aromatic carbocycles. The van der Waals surface area contributed by atoms with Crippen LogP contribution in [0.2, 0.25) is 0 Å². The van der Waals surface area contributed by atoms with Gasteiger partial charge >= 0.3 is 0 Å². The van der Waals surface area contributed by atoms with Crippen molar-refractivity contribution < 1.29 is 4.79 Å². The van der Waals surface area contributed by atoms with Gasteiger partial charge in [0.25, 0.3) is 5.91 Å². The van der Waals surface area contributed by atoms with Gasteiger partial charge in [-0.15, -0.1) is 0 Å². The van der Waals surface area contributed by atoms with E-state index in [2.05, 4.69) is 10.6 Å². The SMILES string of the molecule is CCNc1ccccc1C(=O)NCc1ccn(C)c1. The Morgan fingerprint density at radius 3 is 2.74 bits per heavy atom. The van der Waals surface area contributed by atoms with Crippen molar-refractivity contribution in [3.8, 4) is 0 Å². The fraction of sp³-hybridized carbons (Fsp3) is 0.267. The third-order valence-corrected chi connectivity index (χ3v) is 2.89. The summed E-state index contributed by atoms with van der Waals surface area (Å²) in [7, 11) is 1.96. The molecule has 0 radical (unpaired) electrons. The highest BCUT2D eigenvalue weighted by molar-refractivity contribution is 5.99. The zero-order chi connectivity index (χ0) is 13.7. The molecule has 0 aliphatic carbocycles. The van der Waals surface area contributed by atoms with E-state index in [0.717, 1.165) is 17.8 Å². The van der Waals surface area contributed by atoms with Crippen molar-refractivity contribution in [3.63, 3.8) is 0 Å². The van der Waals surface area contributed by atoms with E-state index in [4.69, 9.17) is 0 Å². The second kappa shape index (κ2) is 6.09. The van der Waals surface area contributed by atoms with Crippen LogP contribution in [-0.2, 0) is 13.6 Å². The molecule has 1 aromatic heterocycles. The number of para-hydroxylation sites is 1. The minimum absolute atomic E-state index is 0.0552. The molecule has 0 saturated carbocycles. The average molecular weight is 257 g/mol. The summed E-state index contributed by atoms with van der Waals surface area (Å²) in [4.78, 5) is 12.2. The van der Waals surface area contributed by atoms with Crippen molar-refractivity contribution >= 4 is 11.6 Å². The number of benzene rings is 1. The van der Waals surface area contributed by atoms with Gasteiger partial charge in [-0.25, -0.2) is 0 Å². The normalized spacial score (nSPS) is 10.2. The number of hydrogen-bond donors (Lipinski definition) is 2. The average Bonchev–Trinajstić information content (AvgIpc) is 2.83. The fourth-order valence-electron chi connectivity index (χ4n) is 1.97. The molecule has 2 rings (SSSR count). The summed E-state index contributed by atoms with van der Waals surface area (Å²) < 4.78 is 1.97. The Bertz CT molecular complexity index is 560. The third-order valence-electron chi connectivity index (χ3n) is 2.89. The Labute approximate surface area is 113 Å². The van der Waals surface area contributed by atoms with Gasteiger partial charge in [0.05, 0.1) is 5.56 Å². The largest absolute Gasteiger partial charge is 0.385 e. The molecule has 1 heterocycles. The van der Waals surface area contributed by atoms with E-state index in [0.29, 0.717) is 12.1 Å². The highest BCUT2D eigenvalue weighted by atomic mass is 16.1. The predicted molar refractivity (Wildman–Crippen MR) is 77.2 cm³/mol. The van der Waals surface area contributed by atoms with Crippen LogP contribution in [0.4, 0.5) is 5.69 Å². The molecule has 0 unspecified atom stereocenters. The van der Waals surface area contributed by atoms with Crippen LogP contribution in [0, 0.1) is 0 Å². The quantitative estimate of drug-likeness (QED) is 0.864. The number of hydrogen-bond acceptors (Lipinski definition) is 2. The molecular formula is C15H19N3O. The number of nitrogens with one attached hydrogen (secondary N) is 2. The van der Waals surface area contributed by atoms with E-state index in [-0.39, 0.29) is 5.91 Å². The number of aryl methyl sites for hydroxylation is 1. The Hall–Kier alpha value is -2.23. The molecule has 0 bridgehead atoms. The molecule has 4 heteroatoms. The van der Waals surface area contributed by atoms with Crippen LogP contribution in [0.3, 0.4) is 0 Å². The second-order valence-corrected chi connectivity index (χ2v) is 4.44. The Balaban J connectivity index is 2.03. The summed E-state index contributed by atoms with van der Waals surface area (Å²) in [5.41, 5.74) is 2.65. The fourth-order valence-corrected chi connectivity index (χ4v) is 1.97. The number of carbonyl (C=O) groups is 1. The molecule has 19 heavy (non-hydrogen) atoms. The van der Waals surface area contributed by atoms with Gasteiger partial charge in [0.1, 0.15) is 0 Å². The molecule has 0 fully saturated rings. The number of amides is 1. The summed E-state index contributed by atoms with van der Waals surface area (Å²) in [6, 6.07) is 9.54. The molecule has 100 valence electrons. The van der Waals surface area contributed by atoms with Gasteiger partial charge in [-0.1, -0.05) is 12.1 Å². The van der Waals surface area contributed by atoms with Gasteiger partial charge in [-0.2, -0.15) is 0 Å². The number of anilines is 1. The standard InChI is InChI=1S/C15H19N3O/c1-3-16-14-7-5-4-6-13(14)15(19)17-10-12-8-9-18(2)11-12/h4-9,11,16H,3,10H2,1-2H3,(H,17,19). The maximum atomic E-state index is 12.2. The highest BCUT2D eigenvalue weighted by Gasteiger charge is 2.09. The Morgan fingerprint density at radius 2 is 2.05 bits per heavy atom. The summed E-state index contributed by atoms with van der Waals surface area (Å²) in [6.45, 7) is 3.35. The molecule has 0 aliphatic rings. The molecule has 0 spiro atoms. The number of aromatic nitrogens is 1. The highest BCUT2D eigenvalue weighted by Crippen LogP contribution is 2.14. The van der Waals surface area contributed by atoms with E-state index >= 15 is 0 Å². The first-order chi connectivity index (χ1) is 9.20. The Kier molecular flexibility index (Phi) is 4.23. The molecule has 2 aromatic rings. The van der Waals surface area contributed by atoms with Gasteiger partial charge in [-0.3, -0.25) is 4.79 Å².